The fraction of sp³-hybridized carbons (Fsp3) is 0.294. The average Bonchev–Trinajstić information content (AvgIpc) is 2.51. The Bertz CT molecular complexity index is 700. The maximum atomic E-state index is 13.0. The third kappa shape index (κ3) is 3.21. The van der Waals surface area contributed by atoms with E-state index < -0.39 is 17.6 Å². The minimum Gasteiger partial charge on any atom is -0.349 e. The molecule has 1 aromatic heterocycles. The summed E-state index contributed by atoms with van der Waals surface area (Å²) in [6, 6.07) is 10.2. The van der Waals surface area contributed by atoms with Crippen LogP contribution in [0.25, 0.3) is 0 Å². The molecule has 1 aliphatic carbocycles. The summed E-state index contributed by atoms with van der Waals surface area (Å²) < 4.78 is 39.0. The Morgan fingerprint density at radius 3 is 2.43 bits per heavy atom. The number of nitrogens with zero attached hydrogens (tertiary/aromatic N) is 1. The molecule has 2 aromatic rings. The molecule has 1 unspecified atom stereocenters. The van der Waals surface area contributed by atoms with Gasteiger partial charge in [0, 0.05) is 23.9 Å². The van der Waals surface area contributed by atoms with Crippen molar-refractivity contribution in [3.8, 4) is 0 Å². The molecule has 6 heteroatoms. The number of nitrogens with one attached hydrogen (secondary N) is 1. The van der Waals surface area contributed by atoms with Crippen molar-refractivity contribution >= 4 is 5.91 Å². The van der Waals surface area contributed by atoms with Crippen LogP contribution in [0, 0.1) is 0 Å². The van der Waals surface area contributed by atoms with Crippen LogP contribution in [0.15, 0.2) is 48.7 Å². The van der Waals surface area contributed by atoms with E-state index in [0.29, 0.717) is 0 Å². The molecule has 0 saturated heterocycles. The van der Waals surface area contributed by atoms with Gasteiger partial charge in [0.05, 0.1) is 11.1 Å². The Kier molecular flexibility index (Phi) is 4.07. The maximum absolute atomic E-state index is 13.0. The standard InChI is InChI=1S/C17H15F3N2O/c18-17(19,20)13-6-2-1-5-11(13)16(23)22-15-9-8-12(15)14-7-3-4-10-21-14/h1-7,10,12,15H,8-9H2,(H,22,23)/t12?,15-/m1/s1. The molecule has 0 aliphatic heterocycles. The predicted molar refractivity (Wildman–Crippen MR) is 78.9 cm³/mol. The van der Waals surface area contributed by atoms with Crippen molar-refractivity contribution in [3.63, 3.8) is 0 Å². The lowest BCUT2D eigenvalue weighted by atomic mass is 9.77. The molecular formula is C17H15F3N2O. The predicted octanol–water partition coefficient (Wildman–Crippen LogP) is 3.78. The second-order valence-corrected chi connectivity index (χ2v) is 5.56. The van der Waals surface area contributed by atoms with Gasteiger partial charge in [0.2, 0.25) is 0 Å². The molecule has 23 heavy (non-hydrogen) atoms. The second kappa shape index (κ2) is 6.02. The summed E-state index contributed by atoms with van der Waals surface area (Å²) in [6.45, 7) is 0. The summed E-state index contributed by atoms with van der Waals surface area (Å²) in [4.78, 5) is 16.5. The molecule has 2 atom stereocenters. The van der Waals surface area contributed by atoms with E-state index in [2.05, 4.69) is 10.3 Å². The summed E-state index contributed by atoms with van der Waals surface area (Å²) in [5, 5.41) is 2.71. The normalized spacial score (nSPS) is 20.7. The molecule has 1 aromatic carbocycles. The summed E-state index contributed by atoms with van der Waals surface area (Å²) in [7, 11) is 0. The number of amides is 1. The molecule has 3 rings (SSSR count). The lowest BCUT2D eigenvalue weighted by Gasteiger charge is -2.36. The van der Waals surface area contributed by atoms with Crippen LogP contribution in [0.4, 0.5) is 13.2 Å². The van der Waals surface area contributed by atoms with Crippen molar-refractivity contribution in [2.75, 3.05) is 0 Å². The van der Waals surface area contributed by atoms with Gasteiger partial charge in [-0.05, 0) is 37.1 Å². The number of rotatable bonds is 3. The van der Waals surface area contributed by atoms with Gasteiger partial charge in [0.25, 0.3) is 5.91 Å². The molecule has 0 radical (unpaired) electrons. The number of aromatic nitrogens is 1. The summed E-state index contributed by atoms with van der Waals surface area (Å²) in [5.74, 6) is -0.637. The number of pyridine rings is 1. The molecular weight excluding hydrogens is 305 g/mol. The van der Waals surface area contributed by atoms with Gasteiger partial charge in [-0.3, -0.25) is 9.78 Å². The van der Waals surface area contributed by atoms with E-state index in [1.54, 1.807) is 12.3 Å². The summed E-state index contributed by atoms with van der Waals surface area (Å²) in [6.07, 6.45) is -1.27. The van der Waals surface area contributed by atoms with Crippen molar-refractivity contribution < 1.29 is 18.0 Å². The third-order valence-electron chi connectivity index (χ3n) is 4.14. The highest BCUT2D eigenvalue weighted by Gasteiger charge is 2.38. The molecule has 1 amide bonds. The zero-order valence-electron chi connectivity index (χ0n) is 12.2. The van der Waals surface area contributed by atoms with Crippen molar-refractivity contribution in [1.82, 2.24) is 10.3 Å². The van der Waals surface area contributed by atoms with Crippen LogP contribution < -0.4 is 5.32 Å². The zero-order valence-corrected chi connectivity index (χ0v) is 12.2. The van der Waals surface area contributed by atoms with Crippen molar-refractivity contribution in [2.45, 2.75) is 31.0 Å². The van der Waals surface area contributed by atoms with E-state index in [0.717, 1.165) is 24.6 Å². The largest absolute Gasteiger partial charge is 0.417 e. The summed E-state index contributed by atoms with van der Waals surface area (Å²) >= 11 is 0. The average molecular weight is 320 g/mol. The number of halogens is 3. The van der Waals surface area contributed by atoms with E-state index in [-0.39, 0.29) is 17.5 Å². The minimum absolute atomic E-state index is 0.0539. The lowest BCUT2D eigenvalue weighted by molar-refractivity contribution is -0.137. The van der Waals surface area contributed by atoms with Gasteiger partial charge in [-0.1, -0.05) is 18.2 Å². The lowest BCUT2D eigenvalue weighted by Crippen LogP contribution is -2.46. The second-order valence-electron chi connectivity index (χ2n) is 5.56. The Labute approximate surface area is 131 Å². The maximum Gasteiger partial charge on any atom is 0.417 e. The Morgan fingerprint density at radius 1 is 1.09 bits per heavy atom. The Balaban J connectivity index is 1.76. The highest BCUT2D eigenvalue weighted by atomic mass is 19.4. The first-order valence-electron chi connectivity index (χ1n) is 7.35. The number of hydrogen-bond acceptors (Lipinski definition) is 2. The monoisotopic (exact) mass is 320 g/mol. The van der Waals surface area contributed by atoms with Crippen LogP contribution in [0.1, 0.15) is 40.4 Å². The topological polar surface area (TPSA) is 42.0 Å². The van der Waals surface area contributed by atoms with Gasteiger partial charge >= 0.3 is 6.18 Å². The van der Waals surface area contributed by atoms with Crippen LogP contribution in [0.2, 0.25) is 0 Å². The number of carbonyl (C=O) groups is 1. The molecule has 0 spiro atoms. The SMILES string of the molecule is O=C(N[C@@H]1CCC1c1ccccn1)c1ccccc1C(F)(F)F. The molecule has 1 N–H and O–H groups in total. The summed E-state index contributed by atoms with van der Waals surface area (Å²) in [5.41, 5.74) is -0.397. The Morgan fingerprint density at radius 2 is 1.83 bits per heavy atom. The fourth-order valence-corrected chi connectivity index (χ4v) is 2.80. The van der Waals surface area contributed by atoms with Crippen molar-refractivity contribution in [1.29, 1.82) is 0 Å². The van der Waals surface area contributed by atoms with Gasteiger partial charge in [-0.25, -0.2) is 0 Å². The molecule has 0 bridgehead atoms. The number of carbonyl (C=O) groups excluding carboxylic acids is 1. The number of benzene rings is 1. The first-order valence-corrected chi connectivity index (χ1v) is 7.35. The fourth-order valence-electron chi connectivity index (χ4n) is 2.80. The van der Waals surface area contributed by atoms with Crippen LogP contribution in [0.3, 0.4) is 0 Å². The van der Waals surface area contributed by atoms with Crippen molar-refractivity contribution in [2.24, 2.45) is 0 Å². The van der Waals surface area contributed by atoms with E-state index in [1.165, 1.54) is 18.2 Å². The van der Waals surface area contributed by atoms with Crippen LogP contribution in [-0.2, 0) is 6.18 Å². The molecule has 1 heterocycles. The number of hydrogen-bond donors (Lipinski definition) is 1. The van der Waals surface area contributed by atoms with Gasteiger partial charge in [-0.15, -0.1) is 0 Å². The highest BCUT2D eigenvalue weighted by molar-refractivity contribution is 5.96. The molecule has 1 aliphatic rings. The van der Waals surface area contributed by atoms with Crippen molar-refractivity contribution in [3.05, 3.63) is 65.5 Å². The molecule has 1 fully saturated rings. The van der Waals surface area contributed by atoms with Crippen LogP contribution in [0.5, 0.6) is 0 Å². The van der Waals surface area contributed by atoms with E-state index in [1.807, 2.05) is 12.1 Å². The molecule has 120 valence electrons. The zero-order chi connectivity index (χ0) is 16.4. The first kappa shape index (κ1) is 15.5. The smallest absolute Gasteiger partial charge is 0.349 e. The molecule has 1 saturated carbocycles. The van der Waals surface area contributed by atoms with Gasteiger partial charge in [0.15, 0.2) is 0 Å². The quantitative estimate of drug-likeness (QED) is 0.935. The highest BCUT2D eigenvalue weighted by Crippen LogP contribution is 2.37. The van der Waals surface area contributed by atoms with E-state index in [9.17, 15) is 18.0 Å². The minimum atomic E-state index is -4.55. The first-order chi connectivity index (χ1) is 11.0. The van der Waals surface area contributed by atoms with Gasteiger partial charge in [-0.2, -0.15) is 13.2 Å². The van der Waals surface area contributed by atoms with Crippen LogP contribution in [-0.4, -0.2) is 16.9 Å². The van der Waals surface area contributed by atoms with E-state index >= 15 is 0 Å². The Hall–Kier alpha value is -2.37. The van der Waals surface area contributed by atoms with E-state index in [4.69, 9.17) is 0 Å². The number of alkyl halides is 3. The van der Waals surface area contributed by atoms with Gasteiger partial charge < -0.3 is 5.32 Å². The van der Waals surface area contributed by atoms with Gasteiger partial charge in [0.1, 0.15) is 0 Å². The van der Waals surface area contributed by atoms with Crippen LogP contribution >= 0.6 is 0 Å². The molecule has 3 nitrogen and oxygen atoms in total. The third-order valence-corrected chi connectivity index (χ3v) is 4.14.